The van der Waals surface area contributed by atoms with E-state index in [0.717, 1.165) is 10.2 Å². The van der Waals surface area contributed by atoms with Gasteiger partial charge >= 0.3 is 0 Å². The van der Waals surface area contributed by atoms with E-state index in [1.807, 2.05) is 36.4 Å². The molecule has 0 aliphatic rings. The minimum atomic E-state index is -0.657. The first-order valence-electron chi connectivity index (χ1n) is 6.83. The number of hydrogen-bond acceptors (Lipinski definition) is 6. The molecule has 0 N–H and O–H groups in total. The summed E-state index contributed by atoms with van der Waals surface area (Å²) in [5.74, 6) is 1.05. The zero-order valence-corrected chi connectivity index (χ0v) is 13.5. The van der Waals surface area contributed by atoms with Crippen molar-refractivity contribution in [1.82, 2.24) is 4.98 Å². The fourth-order valence-electron chi connectivity index (χ4n) is 1.73. The van der Waals surface area contributed by atoms with Gasteiger partial charge in [-0.1, -0.05) is 18.2 Å². The third-order valence-electron chi connectivity index (χ3n) is 2.82. The van der Waals surface area contributed by atoms with E-state index in [4.69, 9.17) is 4.42 Å². The van der Waals surface area contributed by atoms with E-state index in [1.54, 1.807) is 30.7 Å². The number of furan rings is 1. The van der Waals surface area contributed by atoms with Crippen molar-refractivity contribution < 1.29 is 4.42 Å². The molecule has 0 radical (unpaired) electrons. The van der Waals surface area contributed by atoms with Gasteiger partial charge in [0.05, 0.1) is 12.0 Å². The molecule has 0 bridgehead atoms. The normalized spacial score (nSPS) is 12.9. The van der Waals surface area contributed by atoms with Gasteiger partial charge < -0.3 is 4.42 Å². The van der Waals surface area contributed by atoms with Gasteiger partial charge in [0.1, 0.15) is 0 Å². The molecule has 0 saturated heterocycles. The summed E-state index contributed by atoms with van der Waals surface area (Å²) in [4.78, 5) is 4.14. The molecule has 0 aliphatic carbocycles. The van der Waals surface area contributed by atoms with E-state index in [9.17, 15) is 0 Å². The van der Waals surface area contributed by atoms with Crippen molar-refractivity contribution in [2.75, 3.05) is 0 Å². The van der Waals surface area contributed by atoms with E-state index in [-0.39, 0.29) is 0 Å². The molecule has 3 aromatic rings. The Morgan fingerprint density at radius 2 is 1.74 bits per heavy atom. The lowest BCUT2D eigenvalue weighted by Gasteiger charge is -2.01. The molecule has 0 spiro atoms. The second-order valence-corrected chi connectivity index (χ2v) is 5.41. The average Bonchev–Trinajstić information content (AvgIpc) is 3.12. The summed E-state index contributed by atoms with van der Waals surface area (Å²) < 4.78 is 6.23. The fraction of sp³-hybridized carbons (Fsp3) is 0.0625. The fourth-order valence-corrected chi connectivity index (χ4v) is 1.97. The van der Waals surface area contributed by atoms with Crippen molar-refractivity contribution in [2.45, 2.75) is 6.17 Å². The Morgan fingerprint density at radius 1 is 0.913 bits per heavy atom. The van der Waals surface area contributed by atoms with Crippen molar-refractivity contribution in [3.05, 3.63) is 77.3 Å². The van der Waals surface area contributed by atoms with Gasteiger partial charge in [-0.15, -0.1) is 10.2 Å². The smallest absolute Gasteiger partial charge is 0.238 e. The lowest BCUT2D eigenvalue weighted by Crippen LogP contribution is -1.87. The van der Waals surface area contributed by atoms with Crippen LogP contribution in [-0.2, 0) is 0 Å². The summed E-state index contributed by atoms with van der Waals surface area (Å²) in [6.07, 6.45) is 2.56. The van der Waals surface area contributed by atoms with Gasteiger partial charge in [-0.3, -0.25) is 0 Å². The first-order valence-corrected chi connectivity index (χ1v) is 7.62. The summed E-state index contributed by atoms with van der Waals surface area (Å²) in [6.45, 7) is 0. The molecule has 7 heteroatoms. The van der Waals surface area contributed by atoms with E-state index in [0.29, 0.717) is 11.6 Å². The highest BCUT2D eigenvalue weighted by Gasteiger charge is 2.12. The first kappa shape index (κ1) is 15.2. The van der Waals surface area contributed by atoms with E-state index >= 15 is 0 Å². The molecule has 2 aromatic heterocycles. The standard InChI is InChI=1S/C16H12BrN5O/c17-12-8-9-15(18-11-12)20-22-16(14-7-4-10-23-14)21-19-13-5-2-1-3-6-13/h1-11,16H. The van der Waals surface area contributed by atoms with Crippen molar-refractivity contribution in [3.63, 3.8) is 0 Å². The van der Waals surface area contributed by atoms with Crippen LogP contribution in [0.3, 0.4) is 0 Å². The van der Waals surface area contributed by atoms with Crippen LogP contribution in [0.5, 0.6) is 0 Å². The van der Waals surface area contributed by atoms with Gasteiger partial charge in [0, 0.05) is 10.7 Å². The average molecular weight is 370 g/mol. The monoisotopic (exact) mass is 369 g/mol. The van der Waals surface area contributed by atoms with Crippen LogP contribution in [0.1, 0.15) is 11.9 Å². The minimum Gasteiger partial charge on any atom is -0.465 e. The number of halogens is 1. The van der Waals surface area contributed by atoms with Crippen LogP contribution in [-0.4, -0.2) is 4.98 Å². The number of rotatable bonds is 5. The third-order valence-corrected chi connectivity index (χ3v) is 3.29. The van der Waals surface area contributed by atoms with Gasteiger partial charge in [0.25, 0.3) is 0 Å². The van der Waals surface area contributed by atoms with Crippen molar-refractivity contribution in [1.29, 1.82) is 0 Å². The maximum Gasteiger partial charge on any atom is 0.238 e. The summed E-state index contributed by atoms with van der Waals surface area (Å²) >= 11 is 3.32. The molecule has 1 aromatic carbocycles. The number of hydrogen-bond donors (Lipinski definition) is 0. The van der Waals surface area contributed by atoms with Gasteiger partial charge in [-0.2, -0.15) is 10.2 Å². The van der Waals surface area contributed by atoms with Gasteiger partial charge in [0.2, 0.25) is 6.17 Å². The summed E-state index contributed by atoms with van der Waals surface area (Å²) in [7, 11) is 0. The number of aromatic nitrogens is 1. The van der Waals surface area contributed by atoms with Gasteiger partial charge in [-0.05, 0) is 52.3 Å². The molecule has 23 heavy (non-hydrogen) atoms. The van der Waals surface area contributed by atoms with Gasteiger partial charge in [-0.25, -0.2) is 4.98 Å². The molecule has 0 aliphatic heterocycles. The third kappa shape index (κ3) is 4.40. The van der Waals surface area contributed by atoms with Gasteiger partial charge in [0.15, 0.2) is 11.6 Å². The Bertz CT molecular complexity index is 785. The molecule has 114 valence electrons. The van der Waals surface area contributed by atoms with E-state index < -0.39 is 6.17 Å². The van der Waals surface area contributed by atoms with Crippen molar-refractivity contribution in [2.24, 2.45) is 20.5 Å². The van der Waals surface area contributed by atoms with Crippen LogP contribution < -0.4 is 0 Å². The summed E-state index contributed by atoms with van der Waals surface area (Å²) in [6, 6.07) is 16.6. The Hall–Kier alpha value is -2.67. The van der Waals surface area contributed by atoms with Crippen LogP contribution in [0, 0.1) is 0 Å². The number of benzene rings is 1. The maximum absolute atomic E-state index is 5.36. The van der Waals surface area contributed by atoms with E-state index in [1.165, 1.54) is 0 Å². The Labute approximate surface area is 141 Å². The molecular formula is C16H12BrN5O. The molecule has 6 nitrogen and oxygen atoms in total. The van der Waals surface area contributed by atoms with E-state index in [2.05, 4.69) is 41.4 Å². The number of pyridine rings is 1. The van der Waals surface area contributed by atoms with Crippen molar-refractivity contribution in [3.8, 4) is 0 Å². The highest BCUT2D eigenvalue weighted by atomic mass is 79.9. The topological polar surface area (TPSA) is 75.5 Å². The highest BCUT2D eigenvalue weighted by Crippen LogP contribution is 2.24. The van der Waals surface area contributed by atoms with Crippen LogP contribution in [0.25, 0.3) is 0 Å². The van der Waals surface area contributed by atoms with Crippen molar-refractivity contribution >= 4 is 27.4 Å². The second-order valence-electron chi connectivity index (χ2n) is 4.49. The second kappa shape index (κ2) is 7.55. The SMILES string of the molecule is Brc1ccc(N=NC(N=Nc2ccccc2)c2ccco2)nc1. The quantitative estimate of drug-likeness (QED) is 0.516. The summed E-state index contributed by atoms with van der Waals surface area (Å²) in [5, 5.41) is 16.6. The Kier molecular flexibility index (Phi) is 5.00. The number of nitrogens with zero attached hydrogens (tertiary/aromatic N) is 5. The zero-order chi connectivity index (χ0) is 15.9. The lowest BCUT2D eigenvalue weighted by molar-refractivity contribution is 0.460. The zero-order valence-electron chi connectivity index (χ0n) is 12.0. The molecule has 1 atom stereocenters. The first-order chi connectivity index (χ1) is 11.3. The highest BCUT2D eigenvalue weighted by molar-refractivity contribution is 9.10. The molecule has 0 fully saturated rings. The number of azo groups is 2. The molecule has 0 saturated carbocycles. The largest absolute Gasteiger partial charge is 0.465 e. The molecule has 2 heterocycles. The predicted molar refractivity (Wildman–Crippen MR) is 88.9 cm³/mol. The summed E-state index contributed by atoms with van der Waals surface area (Å²) in [5.41, 5.74) is 0.737. The minimum absolute atomic E-state index is 0.486. The van der Waals surface area contributed by atoms with Crippen LogP contribution >= 0.6 is 15.9 Å². The molecule has 1 unspecified atom stereocenters. The Morgan fingerprint density at radius 3 is 2.43 bits per heavy atom. The molecule has 3 rings (SSSR count). The lowest BCUT2D eigenvalue weighted by atomic mass is 10.3. The molecule has 0 amide bonds. The predicted octanol–water partition coefficient (Wildman–Crippen LogP) is 6.00. The van der Waals surface area contributed by atoms with Crippen LogP contribution in [0.4, 0.5) is 11.5 Å². The maximum atomic E-state index is 5.36. The molecular weight excluding hydrogens is 358 g/mol. The Balaban J connectivity index is 1.81. The van der Waals surface area contributed by atoms with Crippen LogP contribution in [0.2, 0.25) is 0 Å². The van der Waals surface area contributed by atoms with Crippen LogP contribution in [0.15, 0.2) is 96.4 Å².